The highest BCUT2D eigenvalue weighted by Gasteiger charge is 2.16. The number of aromatic hydroxyl groups is 1. The number of nitrogens with one attached hydrogen (secondary N) is 1. The lowest BCUT2D eigenvalue weighted by Gasteiger charge is -2.25. The summed E-state index contributed by atoms with van der Waals surface area (Å²) in [7, 11) is 0. The van der Waals surface area contributed by atoms with Crippen LogP contribution in [0.2, 0.25) is 0 Å². The van der Waals surface area contributed by atoms with Gasteiger partial charge in [-0.2, -0.15) is 0 Å². The average molecular weight is 431 g/mol. The zero-order valence-corrected chi connectivity index (χ0v) is 17.8. The summed E-state index contributed by atoms with van der Waals surface area (Å²) in [4.78, 5) is 27.2. The van der Waals surface area contributed by atoms with Crippen molar-refractivity contribution in [2.75, 3.05) is 38.2 Å². The fourth-order valence-electron chi connectivity index (χ4n) is 3.69. The number of hydrogen-bond acceptors (Lipinski definition) is 5. The van der Waals surface area contributed by atoms with Crippen LogP contribution >= 0.6 is 0 Å². The Hall–Kier alpha value is -3.48. The van der Waals surface area contributed by atoms with Gasteiger partial charge < -0.3 is 15.2 Å². The molecule has 1 aliphatic rings. The van der Waals surface area contributed by atoms with Crippen molar-refractivity contribution < 1.29 is 19.4 Å². The van der Waals surface area contributed by atoms with Gasteiger partial charge in [0.15, 0.2) is 5.78 Å². The van der Waals surface area contributed by atoms with Crippen molar-refractivity contribution in [3.8, 4) is 16.9 Å². The number of anilines is 1. The third kappa shape index (κ3) is 5.60. The summed E-state index contributed by atoms with van der Waals surface area (Å²) in [5.74, 6) is -0.381. The molecule has 0 radical (unpaired) electrons. The van der Waals surface area contributed by atoms with E-state index < -0.39 is 0 Å². The van der Waals surface area contributed by atoms with E-state index in [9.17, 15) is 14.7 Å². The van der Waals surface area contributed by atoms with Crippen LogP contribution in [-0.4, -0.2) is 54.5 Å². The standard InChI is InChI=1S/C26H26N2O4/c29-24-11-10-22(17-23(24)27-26(31)18-28-12-14-32-15-13-28)25(30)16-19-6-8-21(9-7-19)20-4-2-1-3-5-20/h1-11,17,29H,12-16,18H2,(H,27,31). The number of phenolic OH excluding ortho intramolecular Hbond substituents is 1. The van der Waals surface area contributed by atoms with Crippen molar-refractivity contribution in [2.24, 2.45) is 0 Å². The van der Waals surface area contributed by atoms with Gasteiger partial charge >= 0.3 is 0 Å². The third-order valence-electron chi connectivity index (χ3n) is 5.49. The summed E-state index contributed by atoms with van der Waals surface area (Å²) in [6.45, 7) is 2.82. The topological polar surface area (TPSA) is 78.9 Å². The smallest absolute Gasteiger partial charge is 0.238 e. The van der Waals surface area contributed by atoms with E-state index >= 15 is 0 Å². The first-order valence-corrected chi connectivity index (χ1v) is 10.7. The maximum atomic E-state index is 12.8. The molecule has 6 nitrogen and oxygen atoms in total. The minimum Gasteiger partial charge on any atom is -0.506 e. The van der Waals surface area contributed by atoms with E-state index in [-0.39, 0.29) is 36.1 Å². The van der Waals surface area contributed by atoms with E-state index in [4.69, 9.17) is 4.74 Å². The number of benzene rings is 3. The number of ketones is 1. The summed E-state index contributed by atoms with van der Waals surface area (Å²) in [5.41, 5.74) is 3.81. The second-order valence-corrected chi connectivity index (χ2v) is 7.83. The Morgan fingerprint density at radius 3 is 2.31 bits per heavy atom. The highest BCUT2D eigenvalue weighted by atomic mass is 16.5. The molecule has 0 bridgehead atoms. The molecular formula is C26H26N2O4. The highest BCUT2D eigenvalue weighted by molar-refractivity contribution is 6.00. The summed E-state index contributed by atoms with van der Waals surface area (Å²) in [6, 6.07) is 22.5. The minimum absolute atomic E-state index is 0.0657. The number of phenols is 1. The third-order valence-corrected chi connectivity index (χ3v) is 5.49. The van der Waals surface area contributed by atoms with Crippen molar-refractivity contribution in [1.29, 1.82) is 0 Å². The van der Waals surface area contributed by atoms with Crippen LogP contribution in [0.15, 0.2) is 72.8 Å². The first-order chi connectivity index (χ1) is 15.6. The number of nitrogens with zero attached hydrogens (tertiary/aromatic N) is 1. The van der Waals surface area contributed by atoms with Crippen LogP contribution in [0, 0.1) is 0 Å². The highest BCUT2D eigenvalue weighted by Crippen LogP contribution is 2.25. The second-order valence-electron chi connectivity index (χ2n) is 7.83. The fraction of sp³-hybridized carbons (Fsp3) is 0.231. The molecule has 3 aromatic carbocycles. The summed E-state index contributed by atoms with van der Waals surface area (Å²) < 4.78 is 5.29. The van der Waals surface area contributed by atoms with E-state index in [1.165, 1.54) is 12.1 Å². The van der Waals surface area contributed by atoms with Gasteiger partial charge in [-0.3, -0.25) is 14.5 Å². The number of amides is 1. The molecule has 4 rings (SSSR count). The van der Waals surface area contributed by atoms with E-state index in [0.717, 1.165) is 16.7 Å². The predicted octanol–water partition coefficient (Wildman–Crippen LogP) is 3.76. The second kappa shape index (κ2) is 10.2. The zero-order chi connectivity index (χ0) is 22.3. The maximum absolute atomic E-state index is 12.8. The van der Waals surface area contributed by atoms with Crippen LogP contribution in [0.25, 0.3) is 11.1 Å². The Morgan fingerprint density at radius 1 is 0.906 bits per heavy atom. The Morgan fingerprint density at radius 2 is 1.59 bits per heavy atom. The first kappa shape index (κ1) is 21.7. The molecule has 0 unspecified atom stereocenters. The van der Waals surface area contributed by atoms with Gasteiger partial charge in [-0.25, -0.2) is 0 Å². The van der Waals surface area contributed by atoms with Crippen molar-refractivity contribution >= 4 is 17.4 Å². The summed E-state index contributed by atoms with van der Waals surface area (Å²) in [6.07, 6.45) is 0.237. The molecule has 2 N–H and O–H groups in total. The molecule has 1 amide bonds. The molecule has 1 heterocycles. The Labute approximate surface area is 187 Å². The Balaban J connectivity index is 1.40. The normalized spacial score (nSPS) is 14.1. The number of Topliss-reactive ketones (excluding diaryl/α,β-unsaturated/α-hetero) is 1. The van der Waals surface area contributed by atoms with Crippen LogP contribution in [0.5, 0.6) is 5.75 Å². The van der Waals surface area contributed by atoms with E-state index in [2.05, 4.69) is 5.32 Å². The van der Waals surface area contributed by atoms with Crippen LogP contribution < -0.4 is 5.32 Å². The van der Waals surface area contributed by atoms with Gasteiger partial charge in [0.05, 0.1) is 25.4 Å². The molecular weight excluding hydrogens is 404 g/mol. The molecule has 6 heteroatoms. The van der Waals surface area contributed by atoms with Crippen molar-refractivity contribution in [3.63, 3.8) is 0 Å². The molecule has 164 valence electrons. The molecule has 1 fully saturated rings. The lowest BCUT2D eigenvalue weighted by molar-refractivity contribution is -0.118. The molecule has 1 aliphatic heterocycles. The van der Waals surface area contributed by atoms with Crippen LogP contribution in [-0.2, 0) is 16.0 Å². The lowest BCUT2D eigenvalue weighted by Crippen LogP contribution is -2.41. The fourth-order valence-corrected chi connectivity index (χ4v) is 3.69. The molecule has 0 atom stereocenters. The van der Waals surface area contributed by atoms with Gasteiger partial charge in [0.1, 0.15) is 5.75 Å². The number of ether oxygens (including phenoxy) is 1. The summed E-state index contributed by atoms with van der Waals surface area (Å²) >= 11 is 0. The van der Waals surface area contributed by atoms with E-state index in [1.807, 2.05) is 59.5 Å². The number of morpholine rings is 1. The molecule has 0 aliphatic carbocycles. The SMILES string of the molecule is O=C(CN1CCOCC1)Nc1cc(C(=O)Cc2ccc(-c3ccccc3)cc2)ccc1O. The number of carbonyl (C=O) groups is 2. The van der Waals surface area contributed by atoms with E-state index in [1.54, 1.807) is 6.07 Å². The molecule has 0 aromatic heterocycles. The maximum Gasteiger partial charge on any atom is 0.238 e. The van der Waals surface area contributed by atoms with Crippen molar-refractivity contribution in [1.82, 2.24) is 4.90 Å². The van der Waals surface area contributed by atoms with Gasteiger partial charge in [-0.1, -0.05) is 54.6 Å². The lowest BCUT2D eigenvalue weighted by atomic mass is 9.99. The zero-order valence-electron chi connectivity index (χ0n) is 17.8. The van der Waals surface area contributed by atoms with Crippen molar-refractivity contribution in [3.05, 3.63) is 83.9 Å². The Kier molecular flexibility index (Phi) is 6.94. The first-order valence-electron chi connectivity index (χ1n) is 10.7. The van der Waals surface area contributed by atoms with Gasteiger partial charge in [0.25, 0.3) is 0 Å². The molecule has 1 saturated heterocycles. The van der Waals surface area contributed by atoms with Gasteiger partial charge in [0, 0.05) is 25.1 Å². The van der Waals surface area contributed by atoms with Crippen molar-refractivity contribution in [2.45, 2.75) is 6.42 Å². The number of carbonyl (C=O) groups excluding carboxylic acids is 2. The quantitative estimate of drug-likeness (QED) is 0.441. The molecule has 3 aromatic rings. The van der Waals surface area contributed by atoms with Gasteiger partial charge in [-0.15, -0.1) is 0 Å². The Bertz CT molecular complexity index is 1070. The van der Waals surface area contributed by atoms with E-state index in [0.29, 0.717) is 31.9 Å². The van der Waals surface area contributed by atoms with Crippen LogP contribution in [0.1, 0.15) is 15.9 Å². The number of rotatable bonds is 7. The van der Waals surface area contributed by atoms with Crippen LogP contribution in [0.4, 0.5) is 5.69 Å². The minimum atomic E-state index is -0.233. The van der Waals surface area contributed by atoms with Crippen LogP contribution in [0.3, 0.4) is 0 Å². The van der Waals surface area contributed by atoms with Gasteiger partial charge in [-0.05, 0) is 34.9 Å². The van der Waals surface area contributed by atoms with Gasteiger partial charge in [0.2, 0.25) is 5.91 Å². The largest absolute Gasteiger partial charge is 0.506 e. The predicted molar refractivity (Wildman–Crippen MR) is 124 cm³/mol. The molecule has 0 spiro atoms. The monoisotopic (exact) mass is 430 g/mol. The summed E-state index contributed by atoms with van der Waals surface area (Å²) in [5, 5.41) is 12.9. The molecule has 0 saturated carbocycles. The molecule has 32 heavy (non-hydrogen) atoms. The average Bonchev–Trinajstić information content (AvgIpc) is 2.82. The number of hydrogen-bond donors (Lipinski definition) is 2.